The summed E-state index contributed by atoms with van der Waals surface area (Å²) >= 11 is 0. The largest absolute Gasteiger partial charge is 0.395 e. The Hall–Kier alpha value is -2.94. The van der Waals surface area contributed by atoms with E-state index in [0.717, 1.165) is 4.57 Å². The number of anilines is 1. The summed E-state index contributed by atoms with van der Waals surface area (Å²) in [5, 5.41) is 9.12. The number of hydrogen-bond acceptors (Lipinski definition) is 5. The van der Waals surface area contributed by atoms with E-state index in [2.05, 4.69) is 4.98 Å². The van der Waals surface area contributed by atoms with Crippen LogP contribution in [0.5, 0.6) is 0 Å². The molecule has 0 aliphatic heterocycles. The lowest BCUT2D eigenvalue weighted by Crippen LogP contribution is -2.39. The number of hydrogen-bond donors (Lipinski definition) is 1. The zero-order valence-electron chi connectivity index (χ0n) is 14.8. The summed E-state index contributed by atoms with van der Waals surface area (Å²) in [6.45, 7) is 0.317. The Morgan fingerprint density at radius 1 is 1.15 bits per heavy atom. The van der Waals surface area contributed by atoms with Crippen molar-refractivity contribution >= 4 is 17.1 Å². The van der Waals surface area contributed by atoms with E-state index in [0.29, 0.717) is 18.1 Å². The molecule has 9 heteroatoms. The SMILES string of the molecule is CN(CCO)c1nc2c(c(=O)n(Cc3ccc(F)cc3)c(=O)n2C)n1C. The lowest BCUT2D eigenvalue weighted by molar-refractivity contribution is 0.303. The second-order valence-electron chi connectivity index (χ2n) is 6.15. The van der Waals surface area contributed by atoms with Crippen LogP contribution in [-0.4, -0.2) is 44.0 Å². The van der Waals surface area contributed by atoms with Crippen LogP contribution in [0.1, 0.15) is 5.56 Å². The minimum absolute atomic E-state index is 0.0364. The molecule has 2 heterocycles. The molecule has 0 radical (unpaired) electrons. The number of fused-ring (bicyclic) bond motifs is 1. The number of aliphatic hydroxyl groups is 1. The molecule has 1 aromatic carbocycles. The van der Waals surface area contributed by atoms with Crippen LogP contribution in [0.2, 0.25) is 0 Å². The summed E-state index contributed by atoms with van der Waals surface area (Å²) in [5.41, 5.74) is 0.240. The van der Waals surface area contributed by atoms with E-state index in [-0.39, 0.29) is 30.1 Å². The highest BCUT2D eigenvalue weighted by molar-refractivity contribution is 5.74. The van der Waals surface area contributed by atoms with Gasteiger partial charge >= 0.3 is 5.69 Å². The third kappa shape index (κ3) is 2.90. The Balaban J connectivity index is 2.19. The van der Waals surface area contributed by atoms with Gasteiger partial charge in [-0.1, -0.05) is 12.1 Å². The molecule has 1 N–H and O–H groups in total. The van der Waals surface area contributed by atoms with E-state index < -0.39 is 11.2 Å². The first-order chi connectivity index (χ1) is 12.3. The molecule has 8 nitrogen and oxygen atoms in total. The first kappa shape index (κ1) is 17.9. The van der Waals surface area contributed by atoms with E-state index in [4.69, 9.17) is 5.11 Å². The number of likely N-dealkylation sites (N-methyl/N-ethyl adjacent to an activating group) is 1. The monoisotopic (exact) mass is 361 g/mol. The van der Waals surface area contributed by atoms with Crippen molar-refractivity contribution in [3.05, 3.63) is 56.5 Å². The Morgan fingerprint density at radius 3 is 2.42 bits per heavy atom. The van der Waals surface area contributed by atoms with E-state index in [1.165, 1.54) is 28.8 Å². The van der Waals surface area contributed by atoms with Crippen molar-refractivity contribution in [2.75, 3.05) is 25.1 Å². The van der Waals surface area contributed by atoms with Crippen LogP contribution in [0, 0.1) is 5.82 Å². The van der Waals surface area contributed by atoms with Crippen molar-refractivity contribution in [3.63, 3.8) is 0 Å². The van der Waals surface area contributed by atoms with Gasteiger partial charge in [-0.3, -0.25) is 13.9 Å². The number of nitrogens with zero attached hydrogens (tertiary/aromatic N) is 5. The number of aryl methyl sites for hydroxylation is 2. The minimum Gasteiger partial charge on any atom is -0.395 e. The predicted molar refractivity (Wildman–Crippen MR) is 96.1 cm³/mol. The van der Waals surface area contributed by atoms with Crippen molar-refractivity contribution in [1.29, 1.82) is 0 Å². The van der Waals surface area contributed by atoms with Gasteiger partial charge in [-0.05, 0) is 17.7 Å². The first-order valence-electron chi connectivity index (χ1n) is 8.07. The molecule has 3 aromatic rings. The second kappa shape index (κ2) is 6.75. The number of aromatic nitrogens is 4. The number of aliphatic hydroxyl groups excluding tert-OH is 1. The zero-order valence-corrected chi connectivity index (χ0v) is 14.8. The van der Waals surface area contributed by atoms with Crippen LogP contribution < -0.4 is 16.1 Å². The van der Waals surface area contributed by atoms with Gasteiger partial charge in [0.05, 0.1) is 13.2 Å². The molecule has 0 spiro atoms. The summed E-state index contributed by atoms with van der Waals surface area (Å²) in [6.07, 6.45) is 0. The van der Waals surface area contributed by atoms with Crippen LogP contribution in [0.25, 0.3) is 11.2 Å². The van der Waals surface area contributed by atoms with Gasteiger partial charge in [0.2, 0.25) is 5.95 Å². The highest BCUT2D eigenvalue weighted by Crippen LogP contribution is 2.16. The molecule has 0 saturated carbocycles. The average molecular weight is 361 g/mol. The van der Waals surface area contributed by atoms with Gasteiger partial charge in [-0.2, -0.15) is 4.98 Å². The van der Waals surface area contributed by atoms with Crippen molar-refractivity contribution in [1.82, 2.24) is 18.7 Å². The van der Waals surface area contributed by atoms with Crippen LogP contribution in [0.15, 0.2) is 33.9 Å². The second-order valence-corrected chi connectivity index (χ2v) is 6.15. The normalized spacial score (nSPS) is 11.3. The van der Waals surface area contributed by atoms with Gasteiger partial charge in [0.1, 0.15) is 5.82 Å². The Labute approximate surface area is 148 Å². The Kier molecular flexibility index (Phi) is 4.64. The first-order valence-corrected chi connectivity index (χ1v) is 8.07. The molecule has 0 atom stereocenters. The highest BCUT2D eigenvalue weighted by atomic mass is 19.1. The van der Waals surface area contributed by atoms with Crippen LogP contribution in [0.4, 0.5) is 10.3 Å². The molecule has 0 aliphatic rings. The Morgan fingerprint density at radius 2 is 1.81 bits per heavy atom. The number of rotatable bonds is 5. The topological polar surface area (TPSA) is 85.3 Å². The molecule has 0 unspecified atom stereocenters. The third-order valence-electron chi connectivity index (χ3n) is 4.37. The van der Waals surface area contributed by atoms with Crippen molar-refractivity contribution in [3.8, 4) is 0 Å². The van der Waals surface area contributed by atoms with Crippen molar-refractivity contribution in [2.24, 2.45) is 14.1 Å². The smallest absolute Gasteiger partial charge is 0.332 e. The molecule has 0 saturated heterocycles. The zero-order chi connectivity index (χ0) is 19.0. The third-order valence-corrected chi connectivity index (χ3v) is 4.37. The molecule has 138 valence electrons. The summed E-state index contributed by atoms with van der Waals surface area (Å²) in [6, 6.07) is 5.65. The molecule has 3 rings (SSSR count). The van der Waals surface area contributed by atoms with Gasteiger partial charge in [-0.25, -0.2) is 9.18 Å². The quantitative estimate of drug-likeness (QED) is 0.694. The molecule has 26 heavy (non-hydrogen) atoms. The van der Waals surface area contributed by atoms with Crippen molar-refractivity contribution < 1.29 is 9.50 Å². The van der Waals surface area contributed by atoms with Gasteiger partial charge in [0, 0.05) is 27.7 Å². The number of benzene rings is 1. The maximum absolute atomic E-state index is 13.1. The van der Waals surface area contributed by atoms with E-state index in [9.17, 15) is 14.0 Å². The molecule has 0 bridgehead atoms. The number of imidazole rings is 1. The van der Waals surface area contributed by atoms with Crippen molar-refractivity contribution in [2.45, 2.75) is 6.54 Å². The van der Waals surface area contributed by atoms with Gasteiger partial charge in [0.25, 0.3) is 5.56 Å². The van der Waals surface area contributed by atoms with Gasteiger partial charge in [0.15, 0.2) is 11.2 Å². The van der Waals surface area contributed by atoms with Crippen LogP contribution in [0.3, 0.4) is 0 Å². The minimum atomic E-state index is -0.499. The standard InChI is InChI=1S/C17H20FN5O3/c1-20(8-9-24)16-19-14-13(21(16)2)15(25)23(17(26)22(14)3)10-11-4-6-12(18)7-5-11/h4-7,24H,8-10H2,1-3H3. The maximum atomic E-state index is 13.1. The maximum Gasteiger partial charge on any atom is 0.332 e. The average Bonchev–Trinajstić information content (AvgIpc) is 2.96. The molecule has 0 fully saturated rings. The Bertz CT molecular complexity index is 1070. The fourth-order valence-electron chi connectivity index (χ4n) is 2.94. The molecular weight excluding hydrogens is 341 g/mol. The summed E-state index contributed by atoms with van der Waals surface area (Å²) in [7, 11) is 4.98. The molecule has 0 aliphatic carbocycles. The molecule has 2 aromatic heterocycles. The fourth-order valence-corrected chi connectivity index (χ4v) is 2.94. The number of halogens is 1. The van der Waals surface area contributed by atoms with E-state index >= 15 is 0 Å². The van der Waals surface area contributed by atoms with E-state index in [1.807, 2.05) is 0 Å². The van der Waals surface area contributed by atoms with Gasteiger partial charge in [-0.15, -0.1) is 0 Å². The summed E-state index contributed by atoms with van der Waals surface area (Å²) < 4.78 is 17.1. The van der Waals surface area contributed by atoms with E-state index in [1.54, 1.807) is 30.6 Å². The van der Waals surface area contributed by atoms with Gasteiger partial charge < -0.3 is 14.6 Å². The predicted octanol–water partition coefficient (Wildman–Crippen LogP) is 0.0496. The van der Waals surface area contributed by atoms with Crippen LogP contribution >= 0.6 is 0 Å². The lowest BCUT2D eigenvalue weighted by atomic mass is 10.2. The highest BCUT2D eigenvalue weighted by Gasteiger charge is 2.20. The summed E-state index contributed by atoms with van der Waals surface area (Å²) in [4.78, 5) is 31.7. The fraction of sp³-hybridized carbons (Fsp3) is 0.353. The molecule has 0 amide bonds. The lowest BCUT2D eigenvalue weighted by Gasteiger charge is -2.16. The van der Waals surface area contributed by atoms with Crippen LogP contribution in [-0.2, 0) is 20.6 Å². The molecular formula is C17H20FN5O3. The summed E-state index contributed by atoms with van der Waals surface area (Å²) in [5.74, 6) is 0.0910.